The van der Waals surface area contributed by atoms with Gasteiger partial charge in [0.2, 0.25) is 0 Å². The van der Waals surface area contributed by atoms with Crippen LogP contribution in [-0.2, 0) is 0 Å². The molecule has 1 aliphatic rings. The number of nitrogens with one attached hydrogen (secondary N) is 1. The zero-order chi connectivity index (χ0) is 20.3. The Morgan fingerprint density at radius 3 is 2.68 bits per heavy atom. The standard InChI is InChI=1S/C17H18ClN5O4S/c1-10-15(28-21-20-10)17(25)22-6-4-11(5-7-22)9-19-16(24)13-3-2-12(23(26)27)8-14(13)18/h2-3,8,11H,4-7,9H2,1H3,(H,19,24). The molecule has 3 rings (SSSR count). The van der Waals surface area contributed by atoms with Gasteiger partial charge in [-0.05, 0) is 43.3 Å². The Morgan fingerprint density at radius 2 is 2.11 bits per heavy atom. The number of aromatic nitrogens is 2. The summed E-state index contributed by atoms with van der Waals surface area (Å²) in [5.41, 5.74) is 0.683. The summed E-state index contributed by atoms with van der Waals surface area (Å²) in [6.07, 6.45) is 1.54. The van der Waals surface area contributed by atoms with Crippen LogP contribution in [0.3, 0.4) is 0 Å². The molecule has 0 bridgehead atoms. The number of carbonyl (C=O) groups is 2. The van der Waals surface area contributed by atoms with Crippen molar-refractivity contribution in [1.82, 2.24) is 19.8 Å². The molecule has 0 radical (unpaired) electrons. The molecule has 0 spiro atoms. The summed E-state index contributed by atoms with van der Waals surface area (Å²) in [5, 5.41) is 17.5. The fourth-order valence-corrected chi connectivity index (χ4v) is 3.93. The van der Waals surface area contributed by atoms with E-state index in [0.29, 0.717) is 30.2 Å². The van der Waals surface area contributed by atoms with E-state index in [1.807, 2.05) is 0 Å². The number of halogens is 1. The molecular formula is C17H18ClN5O4S. The van der Waals surface area contributed by atoms with E-state index in [1.165, 1.54) is 12.1 Å². The molecule has 1 fully saturated rings. The maximum Gasteiger partial charge on any atom is 0.270 e. The Labute approximate surface area is 170 Å². The van der Waals surface area contributed by atoms with Crippen molar-refractivity contribution in [3.05, 3.63) is 49.5 Å². The van der Waals surface area contributed by atoms with Crippen LogP contribution in [0, 0.1) is 23.0 Å². The largest absolute Gasteiger partial charge is 0.352 e. The van der Waals surface area contributed by atoms with Crippen molar-refractivity contribution in [2.24, 2.45) is 5.92 Å². The van der Waals surface area contributed by atoms with Crippen molar-refractivity contribution in [2.75, 3.05) is 19.6 Å². The van der Waals surface area contributed by atoms with Gasteiger partial charge in [-0.15, -0.1) is 5.10 Å². The Kier molecular flexibility index (Phi) is 6.20. The van der Waals surface area contributed by atoms with Gasteiger partial charge >= 0.3 is 0 Å². The van der Waals surface area contributed by atoms with Gasteiger partial charge in [0.15, 0.2) is 0 Å². The number of benzene rings is 1. The number of aryl methyl sites for hydroxylation is 1. The molecule has 2 heterocycles. The first kappa shape index (κ1) is 20.2. The van der Waals surface area contributed by atoms with Gasteiger partial charge in [0.05, 0.1) is 21.2 Å². The number of nitrogens with zero attached hydrogens (tertiary/aromatic N) is 4. The molecule has 28 heavy (non-hydrogen) atoms. The highest BCUT2D eigenvalue weighted by molar-refractivity contribution is 7.07. The molecule has 1 aliphatic heterocycles. The second kappa shape index (κ2) is 8.61. The first-order valence-electron chi connectivity index (χ1n) is 8.67. The van der Waals surface area contributed by atoms with Crippen LogP contribution in [0.25, 0.3) is 0 Å². The fraction of sp³-hybridized carbons (Fsp3) is 0.412. The van der Waals surface area contributed by atoms with E-state index < -0.39 is 4.92 Å². The lowest BCUT2D eigenvalue weighted by Gasteiger charge is -2.31. The van der Waals surface area contributed by atoms with Crippen molar-refractivity contribution < 1.29 is 14.5 Å². The zero-order valence-electron chi connectivity index (χ0n) is 15.1. The quantitative estimate of drug-likeness (QED) is 0.583. The number of hydrogen-bond acceptors (Lipinski definition) is 7. The number of nitro benzene ring substituents is 1. The number of carbonyl (C=O) groups excluding carboxylic acids is 2. The van der Waals surface area contributed by atoms with Crippen LogP contribution >= 0.6 is 23.1 Å². The second-order valence-corrected chi connectivity index (χ2v) is 7.72. The minimum atomic E-state index is -0.563. The summed E-state index contributed by atoms with van der Waals surface area (Å²) >= 11 is 7.09. The maximum atomic E-state index is 12.5. The normalized spacial score (nSPS) is 14.7. The third kappa shape index (κ3) is 4.45. The number of rotatable bonds is 5. The molecule has 1 aromatic heterocycles. The molecule has 0 aliphatic carbocycles. The highest BCUT2D eigenvalue weighted by Gasteiger charge is 2.26. The maximum absolute atomic E-state index is 12.5. The van der Waals surface area contributed by atoms with Gasteiger partial charge in [-0.3, -0.25) is 19.7 Å². The van der Waals surface area contributed by atoms with Crippen molar-refractivity contribution >= 4 is 40.6 Å². The SMILES string of the molecule is Cc1nnsc1C(=O)N1CCC(CNC(=O)c2ccc([N+](=O)[O-])cc2Cl)CC1. The highest BCUT2D eigenvalue weighted by atomic mass is 35.5. The Morgan fingerprint density at radius 1 is 1.39 bits per heavy atom. The minimum Gasteiger partial charge on any atom is -0.352 e. The van der Waals surface area contributed by atoms with Crippen molar-refractivity contribution in [3.8, 4) is 0 Å². The molecule has 148 valence electrons. The average Bonchev–Trinajstić information content (AvgIpc) is 3.11. The van der Waals surface area contributed by atoms with E-state index in [1.54, 1.807) is 11.8 Å². The predicted octanol–water partition coefficient (Wildman–Crippen LogP) is 2.69. The van der Waals surface area contributed by atoms with Gasteiger partial charge < -0.3 is 10.2 Å². The third-order valence-electron chi connectivity index (χ3n) is 4.71. The molecule has 1 aromatic carbocycles. The van der Waals surface area contributed by atoms with Crippen molar-refractivity contribution in [3.63, 3.8) is 0 Å². The Bertz CT molecular complexity index is 911. The molecule has 2 aromatic rings. The summed E-state index contributed by atoms with van der Waals surface area (Å²) in [5.74, 6) is -0.178. The summed E-state index contributed by atoms with van der Waals surface area (Å²) < 4.78 is 3.80. The summed E-state index contributed by atoms with van der Waals surface area (Å²) in [6.45, 7) is 3.43. The number of amides is 2. The fourth-order valence-electron chi connectivity index (χ4n) is 3.05. The molecule has 11 heteroatoms. The van der Waals surface area contributed by atoms with E-state index in [-0.39, 0.29) is 34.0 Å². The average molecular weight is 424 g/mol. The van der Waals surface area contributed by atoms with Gasteiger partial charge in [0.25, 0.3) is 17.5 Å². The number of piperidine rings is 1. The number of nitro groups is 1. The highest BCUT2D eigenvalue weighted by Crippen LogP contribution is 2.23. The topological polar surface area (TPSA) is 118 Å². The molecule has 1 saturated heterocycles. The monoisotopic (exact) mass is 423 g/mol. The van der Waals surface area contributed by atoms with E-state index in [9.17, 15) is 19.7 Å². The number of likely N-dealkylation sites (tertiary alicyclic amines) is 1. The summed E-state index contributed by atoms with van der Waals surface area (Å²) in [4.78, 5) is 37.3. The molecular weight excluding hydrogens is 406 g/mol. The van der Waals surface area contributed by atoms with Gasteiger partial charge in [0.1, 0.15) is 4.88 Å². The second-order valence-electron chi connectivity index (χ2n) is 6.55. The Hall–Kier alpha value is -2.59. The van der Waals surface area contributed by atoms with Gasteiger partial charge in [-0.25, -0.2) is 0 Å². The number of non-ortho nitro benzene ring substituents is 1. The zero-order valence-corrected chi connectivity index (χ0v) is 16.6. The number of hydrogen-bond donors (Lipinski definition) is 1. The molecule has 0 saturated carbocycles. The van der Waals surface area contributed by atoms with E-state index >= 15 is 0 Å². The molecule has 0 unspecified atom stereocenters. The summed E-state index contributed by atoms with van der Waals surface area (Å²) in [6, 6.07) is 3.76. The van der Waals surface area contributed by atoms with Crippen LogP contribution in [0.5, 0.6) is 0 Å². The van der Waals surface area contributed by atoms with Crippen LogP contribution in [-0.4, -0.2) is 50.9 Å². The first-order chi connectivity index (χ1) is 13.4. The Balaban J connectivity index is 1.50. The van der Waals surface area contributed by atoms with E-state index in [4.69, 9.17) is 11.6 Å². The predicted molar refractivity (Wildman–Crippen MR) is 104 cm³/mol. The third-order valence-corrected chi connectivity index (χ3v) is 5.84. The van der Waals surface area contributed by atoms with Crippen LogP contribution in [0.2, 0.25) is 5.02 Å². The first-order valence-corrected chi connectivity index (χ1v) is 9.82. The lowest BCUT2D eigenvalue weighted by Crippen LogP contribution is -2.41. The van der Waals surface area contributed by atoms with Crippen molar-refractivity contribution in [2.45, 2.75) is 19.8 Å². The van der Waals surface area contributed by atoms with Crippen molar-refractivity contribution in [1.29, 1.82) is 0 Å². The molecule has 2 amide bonds. The smallest absolute Gasteiger partial charge is 0.270 e. The van der Waals surface area contributed by atoms with Gasteiger partial charge in [-0.2, -0.15) is 0 Å². The van der Waals surface area contributed by atoms with Crippen LogP contribution in [0.15, 0.2) is 18.2 Å². The van der Waals surface area contributed by atoms with Gasteiger partial charge in [0, 0.05) is 31.8 Å². The summed E-state index contributed by atoms with van der Waals surface area (Å²) in [7, 11) is 0. The van der Waals surface area contributed by atoms with Gasteiger partial charge in [-0.1, -0.05) is 16.1 Å². The lowest BCUT2D eigenvalue weighted by atomic mass is 9.96. The van der Waals surface area contributed by atoms with E-state index in [0.717, 1.165) is 30.4 Å². The van der Waals surface area contributed by atoms with E-state index in [2.05, 4.69) is 14.9 Å². The van der Waals surface area contributed by atoms with Crippen LogP contribution in [0.4, 0.5) is 5.69 Å². The van der Waals surface area contributed by atoms with Crippen LogP contribution in [0.1, 0.15) is 38.6 Å². The van der Waals surface area contributed by atoms with Crippen LogP contribution < -0.4 is 5.32 Å². The minimum absolute atomic E-state index is 0.0423. The molecule has 1 N–H and O–H groups in total. The molecule has 0 atom stereocenters. The molecule has 9 nitrogen and oxygen atoms in total. The lowest BCUT2D eigenvalue weighted by molar-refractivity contribution is -0.384.